The zero-order valence-electron chi connectivity index (χ0n) is 5.57. The number of hydrogen-bond acceptors (Lipinski definition) is 1. The van der Waals surface area contributed by atoms with E-state index in [1.165, 1.54) is 19.6 Å². The van der Waals surface area contributed by atoms with E-state index in [-0.39, 0.29) is 19.8 Å². The van der Waals surface area contributed by atoms with Crippen molar-refractivity contribution in [2.45, 2.75) is 20.8 Å². The van der Waals surface area contributed by atoms with E-state index in [1.807, 2.05) is 0 Å². The van der Waals surface area contributed by atoms with Crippen molar-refractivity contribution in [2.75, 3.05) is 19.6 Å². The van der Waals surface area contributed by atoms with Crippen LogP contribution in [0.15, 0.2) is 0 Å². The maximum atomic E-state index is 2.38. The van der Waals surface area contributed by atoms with Gasteiger partial charge in [-0.2, -0.15) is 0 Å². The second-order valence-electron chi connectivity index (χ2n) is 1.62. The van der Waals surface area contributed by atoms with Gasteiger partial charge in [0.15, 0.2) is 0 Å². The van der Waals surface area contributed by atoms with Gasteiger partial charge in [0.2, 0.25) is 0 Å². The second kappa shape index (κ2) is 7.60. The van der Waals surface area contributed by atoms with Gasteiger partial charge in [-0.25, -0.2) is 0 Å². The van der Waals surface area contributed by atoms with Crippen molar-refractivity contribution >= 4 is 19.8 Å². The normalized spacial score (nSPS) is 9.00. The van der Waals surface area contributed by atoms with Crippen LogP contribution in [0.2, 0.25) is 0 Å². The quantitative estimate of drug-likeness (QED) is 0.551. The summed E-state index contributed by atoms with van der Waals surface area (Å²) in [4.78, 5) is 2.38. The van der Waals surface area contributed by atoms with E-state index < -0.39 is 0 Å². The van der Waals surface area contributed by atoms with Crippen LogP contribution in [0.1, 0.15) is 20.8 Å². The molecule has 0 amide bonds. The first-order valence-corrected chi connectivity index (χ1v) is 3.07. The molecule has 0 aliphatic heterocycles. The Morgan fingerprint density at radius 3 is 1.12 bits per heavy atom. The summed E-state index contributed by atoms with van der Waals surface area (Å²) < 4.78 is 0. The Balaban J connectivity index is 0. The summed E-state index contributed by atoms with van der Waals surface area (Å²) in [6, 6.07) is 0. The fraction of sp³-hybridized carbons (Fsp3) is 1.00. The van der Waals surface area contributed by atoms with Crippen molar-refractivity contribution in [2.24, 2.45) is 0 Å². The van der Waals surface area contributed by atoms with Gasteiger partial charge in [-0.05, 0) is 19.6 Å². The van der Waals surface area contributed by atoms with Gasteiger partial charge in [0.25, 0.3) is 0 Å². The Bertz CT molecular complexity index is 30.0. The Kier molecular flexibility index (Phi) is 10.8. The van der Waals surface area contributed by atoms with Crippen molar-refractivity contribution in [1.29, 1.82) is 0 Å². The van der Waals surface area contributed by atoms with Crippen molar-refractivity contribution in [1.82, 2.24) is 4.90 Å². The maximum absolute atomic E-state index is 2.38. The van der Waals surface area contributed by atoms with Gasteiger partial charge in [-0.1, -0.05) is 20.8 Å². The third kappa shape index (κ3) is 4.75. The molecule has 0 saturated carbocycles. The average Bonchev–Trinajstić information content (AvgIpc) is 1.72. The first-order valence-electron chi connectivity index (χ1n) is 3.07. The predicted molar refractivity (Wildman–Crippen MR) is 43.4 cm³/mol. The van der Waals surface area contributed by atoms with Gasteiger partial charge in [-0.3, -0.25) is 0 Å². The molecule has 0 fully saturated rings. The van der Waals surface area contributed by atoms with Crippen LogP contribution in [-0.2, 0) is 0 Å². The summed E-state index contributed by atoms with van der Waals surface area (Å²) in [5, 5.41) is 0. The van der Waals surface area contributed by atoms with Crippen LogP contribution >= 0.6 is 0 Å². The van der Waals surface area contributed by atoms with Crippen molar-refractivity contribution < 1.29 is 0 Å². The van der Waals surface area contributed by atoms with Crippen LogP contribution in [0.3, 0.4) is 0 Å². The molecule has 2 heteroatoms. The molecule has 0 aliphatic carbocycles. The second-order valence-corrected chi connectivity index (χ2v) is 1.62. The Hall–Kier alpha value is 0.596. The van der Waals surface area contributed by atoms with Gasteiger partial charge in [-0.15, -0.1) is 0 Å². The Morgan fingerprint density at radius 2 is 1.12 bits per heavy atom. The van der Waals surface area contributed by atoms with Crippen LogP contribution < -0.4 is 0 Å². The molecule has 8 heavy (non-hydrogen) atoms. The van der Waals surface area contributed by atoms with Gasteiger partial charge < -0.3 is 4.90 Å². The molecule has 50 valence electrons. The third-order valence-electron chi connectivity index (χ3n) is 1.34. The Labute approximate surface area is 65.5 Å². The molecule has 0 unspecified atom stereocenters. The fourth-order valence-electron chi connectivity index (χ4n) is 0.671. The SMILES string of the molecule is CCN(CC)CC.[GaH3]. The summed E-state index contributed by atoms with van der Waals surface area (Å²) in [7, 11) is 0. The summed E-state index contributed by atoms with van der Waals surface area (Å²) in [6.45, 7) is 10.1. The molecule has 0 rings (SSSR count). The van der Waals surface area contributed by atoms with E-state index in [0.717, 1.165) is 0 Å². The first kappa shape index (κ1) is 11.4. The third-order valence-corrected chi connectivity index (χ3v) is 1.34. The number of hydrogen-bond donors (Lipinski definition) is 0. The van der Waals surface area contributed by atoms with Gasteiger partial charge >= 0.3 is 19.8 Å². The van der Waals surface area contributed by atoms with Crippen LogP contribution in [0.4, 0.5) is 0 Å². The van der Waals surface area contributed by atoms with Crippen molar-refractivity contribution in [3.8, 4) is 0 Å². The van der Waals surface area contributed by atoms with E-state index in [9.17, 15) is 0 Å². The monoisotopic (exact) mass is 173 g/mol. The molecule has 0 aromatic rings. The van der Waals surface area contributed by atoms with Crippen LogP contribution in [0.5, 0.6) is 0 Å². The Morgan fingerprint density at radius 1 is 0.875 bits per heavy atom. The molecule has 0 aromatic carbocycles. The first-order chi connectivity index (χ1) is 3.35. The van der Waals surface area contributed by atoms with E-state index >= 15 is 0 Å². The molecule has 0 atom stereocenters. The molecule has 0 spiro atoms. The summed E-state index contributed by atoms with van der Waals surface area (Å²) in [5.74, 6) is 0. The molecule has 0 N–H and O–H groups in total. The molecular formula is C6H18GaN. The van der Waals surface area contributed by atoms with Crippen LogP contribution in [0.25, 0.3) is 0 Å². The van der Waals surface area contributed by atoms with E-state index in [1.54, 1.807) is 0 Å². The van der Waals surface area contributed by atoms with Gasteiger partial charge in [0, 0.05) is 0 Å². The fourth-order valence-corrected chi connectivity index (χ4v) is 0.671. The molecule has 0 bridgehead atoms. The zero-order valence-corrected chi connectivity index (χ0v) is 5.57. The van der Waals surface area contributed by atoms with Gasteiger partial charge in [0.05, 0.1) is 0 Å². The topological polar surface area (TPSA) is 3.24 Å². The van der Waals surface area contributed by atoms with E-state index in [0.29, 0.717) is 0 Å². The minimum atomic E-state index is 0. The van der Waals surface area contributed by atoms with Crippen LogP contribution in [0, 0.1) is 0 Å². The molecule has 0 radical (unpaired) electrons. The standard InChI is InChI=1S/C6H15N.Ga.3H/c1-4-7(5-2)6-3;;;;/h4-6H2,1-3H3;;;;. The molecule has 0 saturated heterocycles. The van der Waals surface area contributed by atoms with Crippen LogP contribution in [-0.4, -0.2) is 44.3 Å². The molecule has 0 heterocycles. The molecule has 0 aliphatic rings. The van der Waals surface area contributed by atoms with Crippen molar-refractivity contribution in [3.63, 3.8) is 0 Å². The average molecular weight is 174 g/mol. The zero-order chi connectivity index (χ0) is 5.70. The van der Waals surface area contributed by atoms with E-state index in [4.69, 9.17) is 0 Å². The summed E-state index contributed by atoms with van der Waals surface area (Å²) >= 11 is 0. The van der Waals surface area contributed by atoms with E-state index in [2.05, 4.69) is 25.7 Å². The van der Waals surface area contributed by atoms with Gasteiger partial charge in [0.1, 0.15) is 0 Å². The molecule has 1 nitrogen and oxygen atoms in total. The minimum absolute atomic E-state index is 0. The number of nitrogens with zero attached hydrogens (tertiary/aromatic N) is 1. The molecular weight excluding hydrogens is 156 g/mol. The molecule has 0 aromatic heterocycles. The predicted octanol–water partition coefficient (Wildman–Crippen LogP) is 0.164. The summed E-state index contributed by atoms with van der Waals surface area (Å²) in [6.07, 6.45) is 0. The van der Waals surface area contributed by atoms with Crippen molar-refractivity contribution in [3.05, 3.63) is 0 Å². The number of rotatable bonds is 3. The summed E-state index contributed by atoms with van der Waals surface area (Å²) in [5.41, 5.74) is 0.